The number of hydrogen-bond acceptors (Lipinski definition) is 3. The molecule has 3 rings (SSSR count). The van der Waals surface area contributed by atoms with Crippen molar-refractivity contribution in [1.82, 2.24) is 5.01 Å². The highest BCUT2D eigenvalue weighted by Gasteiger charge is 2.46. The van der Waals surface area contributed by atoms with E-state index >= 15 is 0 Å². The van der Waals surface area contributed by atoms with Crippen LogP contribution in [0.2, 0.25) is 0 Å². The lowest BCUT2D eigenvalue weighted by atomic mass is 9.68. The minimum atomic E-state index is 0.514. The number of fused-ring (bicyclic) bond motifs is 2. The Hall–Kier alpha value is -0.120. The molecule has 0 aromatic rings. The summed E-state index contributed by atoms with van der Waals surface area (Å²) in [5.74, 6) is 7.08. The highest BCUT2D eigenvalue weighted by molar-refractivity contribution is 4.96. The van der Waals surface area contributed by atoms with E-state index < -0.39 is 0 Å². The third kappa shape index (κ3) is 0.779. The smallest absolute Gasteiger partial charge is 0.0653 e. The number of hydrogen-bond donors (Lipinski definition) is 1. The number of piperidine rings is 2. The van der Waals surface area contributed by atoms with Gasteiger partial charge in [-0.1, -0.05) is 0 Å². The summed E-state index contributed by atoms with van der Waals surface area (Å²) < 4.78 is 5.32. The molecule has 1 aliphatic carbocycles. The first-order chi connectivity index (χ1) is 4.81. The van der Waals surface area contributed by atoms with E-state index in [2.05, 4.69) is 0 Å². The van der Waals surface area contributed by atoms with Crippen LogP contribution in [0.3, 0.4) is 0 Å². The normalized spacial score (nSPS) is 46.8. The third-order valence-electron chi connectivity index (χ3n) is 2.74. The largest absolute Gasteiger partial charge is 0.381 e. The van der Waals surface area contributed by atoms with Crippen molar-refractivity contribution < 1.29 is 4.74 Å². The Morgan fingerprint density at radius 1 is 1.40 bits per heavy atom. The lowest BCUT2D eigenvalue weighted by Gasteiger charge is -2.51. The summed E-state index contributed by atoms with van der Waals surface area (Å²) in [5.41, 5.74) is 0. The lowest BCUT2D eigenvalue weighted by molar-refractivity contribution is -0.127. The fourth-order valence-electron chi connectivity index (χ4n) is 2.26. The average molecular weight is 142 g/mol. The first kappa shape index (κ1) is 6.58. The van der Waals surface area contributed by atoms with Gasteiger partial charge in [0.15, 0.2) is 0 Å². The summed E-state index contributed by atoms with van der Waals surface area (Å²) in [7, 11) is 1.80. The van der Waals surface area contributed by atoms with Crippen LogP contribution >= 0.6 is 0 Å². The van der Waals surface area contributed by atoms with E-state index in [0.29, 0.717) is 17.9 Å². The fourth-order valence-corrected chi connectivity index (χ4v) is 2.26. The summed E-state index contributed by atoms with van der Waals surface area (Å²) in [6.45, 7) is 2.05. The SMILES string of the molecule is COC1C2CC1CN(N)C2. The van der Waals surface area contributed by atoms with Crippen molar-refractivity contribution in [2.45, 2.75) is 12.5 Å². The zero-order chi connectivity index (χ0) is 7.14. The Labute approximate surface area is 61.1 Å². The quantitative estimate of drug-likeness (QED) is 0.516. The maximum Gasteiger partial charge on any atom is 0.0653 e. The van der Waals surface area contributed by atoms with Gasteiger partial charge in [-0.15, -0.1) is 0 Å². The van der Waals surface area contributed by atoms with Gasteiger partial charge in [-0.3, -0.25) is 5.84 Å². The molecule has 0 radical (unpaired) electrons. The van der Waals surface area contributed by atoms with E-state index in [1.165, 1.54) is 6.42 Å². The maximum absolute atomic E-state index is 5.65. The van der Waals surface area contributed by atoms with Gasteiger partial charge in [-0.2, -0.15) is 0 Å². The number of nitrogens with zero attached hydrogens (tertiary/aromatic N) is 1. The van der Waals surface area contributed by atoms with Crippen LogP contribution in [0.25, 0.3) is 0 Å². The second-order valence-corrected chi connectivity index (χ2v) is 3.41. The van der Waals surface area contributed by atoms with E-state index in [-0.39, 0.29) is 0 Å². The molecule has 0 aromatic carbocycles. The molecule has 2 heterocycles. The van der Waals surface area contributed by atoms with Crippen molar-refractivity contribution >= 4 is 0 Å². The standard InChI is InChI=1S/C7H14N2O/c1-10-7-5-2-6(7)4-9(8)3-5/h5-7H,2-4,8H2,1H3. The molecule has 3 heteroatoms. The number of nitrogens with two attached hydrogens (primary N) is 1. The van der Waals surface area contributed by atoms with Gasteiger partial charge in [0, 0.05) is 20.2 Å². The maximum atomic E-state index is 5.65. The summed E-state index contributed by atoms with van der Waals surface area (Å²) in [6.07, 6.45) is 1.84. The molecule has 1 saturated carbocycles. The number of ether oxygens (including phenoxy) is 1. The van der Waals surface area contributed by atoms with E-state index in [9.17, 15) is 0 Å². The fraction of sp³-hybridized carbons (Fsp3) is 1.00. The predicted octanol–water partition coefficient (Wildman–Crippen LogP) is -0.173. The van der Waals surface area contributed by atoms with Gasteiger partial charge < -0.3 is 4.74 Å². The van der Waals surface area contributed by atoms with E-state index in [1.807, 2.05) is 5.01 Å². The van der Waals surface area contributed by atoms with Crippen LogP contribution in [-0.2, 0) is 4.74 Å². The second-order valence-electron chi connectivity index (χ2n) is 3.41. The molecule has 2 bridgehead atoms. The zero-order valence-electron chi connectivity index (χ0n) is 6.29. The molecular weight excluding hydrogens is 128 g/mol. The number of rotatable bonds is 1. The number of hydrazine groups is 1. The van der Waals surface area contributed by atoms with Crippen molar-refractivity contribution in [2.24, 2.45) is 17.7 Å². The molecule has 0 spiro atoms. The first-order valence-corrected chi connectivity index (χ1v) is 3.83. The lowest BCUT2D eigenvalue weighted by Crippen LogP contribution is -2.60. The van der Waals surface area contributed by atoms with Crippen LogP contribution in [-0.4, -0.2) is 31.3 Å². The second kappa shape index (κ2) is 2.19. The summed E-state index contributed by atoms with van der Waals surface area (Å²) in [4.78, 5) is 0. The van der Waals surface area contributed by atoms with Gasteiger partial charge in [0.05, 0.1) is 6.10 Å². The minimum absolute atomic E-state index is 0.514. The van der Waals surface area contributed by atoms with Gasteiger partial charge in [0.2, 0.25) is 0 Å². The molecule has 10 heavy (non-hydrogen) atoms. The summed E-state index contributed by atoms with van der Waals surface area (Å²) >= 11 is 0. The Morgan fingerprint density at radius 3 is 2.50 bits per heavy atom. The van der Waals surface area contributed by atoms with E-state index in [0.717, 1.165) is 13.1 Å². The van der Waals surface area contributed by atoms with Crippen LogP contribution in [0.1, 0.15) is 6.42 Å². The Balaban J connectivity index is 1.96. The molecule has 3 fully saturated rings. The third-order valence-corrected chi connectivity index (χ3v) is 2.74. The molecule has 2 unspecified atom stereocenters. The molecule has 2 aliphatic heterocycles. The summed E-state index contributed by atoms with van der Waals surface area (Å²) in [5, 5.41) is 1.91. The molecule has 58 valence electrons. The molecule has 2 saturated heterocycles. The van der Waals surface area contributed by atoms with Gasteiger partial charge in [-0.25, -0.2) is 5.01 Å². The molecule has 0 aromatic heterocycles. The van der Waals surface area contributed by atoms with Crippen molar-refractivity contribution in [1.29, 1.82) is 0 Å². The van der Waals surface area contributed by atoms with Gasteiger partial charge >= 0.3 is 0 Å². The monoisotopic (exact) mass is 142 g/mol. The average Bonchev–Trinajstić information content (AvgIpc) is 1.87. The Kier molecular flexibility index (Phi) is 1.44. The molecular formula is C7H14N2O. The van der Waals surface area contributed by atoms with Crippen molar-refractivity contribution in [2.75, 3.05) is 20.2 Å². The molecule has 2 atom stereocenters. The van der Waals surface area contributed by atoms with E-state index in [4.69, 9.17) is 10.6 Å². The number of methoxy groups -OCH3 is 1. The van der Waals surface area contributed by atoms with Crippen molar-refractivity contribution in [3.63, 3.8) is 0 Å². The predicted molar refractivity (Wildman–Crippen MR) is 38.2 cm³/mol. The van der Waals surface area contributed by atoms with Crippen molar-refractivity contribution in [3.8, 4) is 0 Å². The van der Waals surface area contributed by atoms with Crippen LogP contribution in [0.15, 0.2) is 0 Å². The van der Waals surface area contributed by atoms with E-state index in [1.54, 1.807) is 7.11 Å². The van der Waals surface area contributed by atoms with Crippen LogP contribution in [0, 0.1) is 11.8 Å². The highest BCUT2D eigenvalue weighted by Crippen LogP contribution is 2.40. The van der Waals surface area contributed by atoms with Gasteiger partial charge in [-0.05, 0) is 18.3 Å². The minimum Gasteiger partial charge on any atom is -0.381 e. The first-order valence-electron chi connectivity index (χ1n) is 3.83. The zero-order valence-corrected chi connectivity index (χ0v) is 6.29. The summed E-state index contributed by atoms with van der Waals surface area (Å²) in [6, 6.07) is 0. The molecule has 3 aliphatic rings. The van der Waals surface area contributed by atoms with Crippen LogP contribution in [0.5, 0.6) is 0 Å². The topological polar surface area (TPSA) is 38.5 Å². The molecule has 3 nitrogen and oxygen atoms in total. The highest BCUT2D eigenvalue weighted by atomic mass is 16.5. The Morgan fingerprint density at radius 2 is 2.00 bits per heavy atom. The van der Waals surface area contributed by atoms with Gasteiger partial charge in [0.25, 0.3) is 0 Å². The molecule has 2 N–H and O–H groups in total. The van der Waals surface area contributed by atoms with Crippen molar-refractivity contribution in [3.05, 3.63) is 0 Å². The Bertz CT molecular complexity index is 128. The molecule has 0 amide bonds. The van der Waals surface area contributed by atoms with Crippen LogP contribution in [0.4, 0.5) is 0 Å². The van der Waals surface area contributed by atoms with Gasteiger partial charge in [0.1, 0.15) is 0 Å². The van der Waals surface area contributed by atoms with Crippen LogP contribution < -0.4 is 5.84 Å².